The van der Waals surface area contributed by atoms with Gasteiger partial charge in [0, 0.05) is 6.07 Å². The van der Waals surface area contributed by atoms with Gasteiger partial charge in [-0.05, 0) is 0 Å². The number of halogens is 3. The molecule has 0 radical (unpaired) electrons. The van der Waals surface area contributed by atoms with E-state index in [4.69, 9.17) is 5.73 Å². The van der Waals surface area contributed by atoms with E-state index in [1.807, 2.05) is 0 Å². The highest BCUT2D eigenvalue weighted by Gasteiger charge is 2.18. The Balaban J connectivity index is 3.25. The number of nitrogens with zero attached hydrogens (tertiary/aromatic N) is 1. The first kappa shape index (κ1) is 9.63. The number of alkyl halides is 2. The molecule has 1 aromatic rings. The molecule has 3 nitrogen and oxygen atoms in total. The van der Waals surface area contributed by atoms with Gasteiger partial charge in [0.15, 0.2) is 17.3 Å². The van der Waals surface area contributed by atoms with Crippen LogP contribution in [0.2, 0.25) is 0 Å². The molecule has 13 heavy (non-hydrogen) atoms. The average Bonchev–Trinajstić information content (AvgIpc) is 2.08. The predicted octanol–water partition coefficient (Wildman–Crippen LogP) is 1.75. The molecule has 0 fully saturated rings. The van der Waals surface area contributed by atoms with E-state index < -0.39 is 23.8 Å². The highest BCUT2D eigenvalue weighted by atomic mass is 19.3. The molecule has 2 N–H and O–H groups in total. The highest BCUT2D eigenvalue weighted by molar-refractivity contribution is 5.40. The molecule has 1 rings (SSSR count). The lowest BCUT2D eigenvalue weighted by Crippen LogP contribution is -2.02. The zero-order valence-corrected chi connectivity index (χ0v) is 6.72. The Morgan fingerprint density at radius 1 is 1.54 bits per heavy atom. The van der Waals surface area contributed by atoms with Crippen LogP contribution in [0.15, 0.2) is 6.07 Å². The monoisotopic (exact) mass is 192 g/mol. The second kappa shape index (κ2) is 3.51. The fraction of sp³-hybridized carbons (Fsp3) is 0.286. The van der Waals surface area contributed by atoms with Crippen molar-refractivity contribution in [2.75, 3.05) is 12.8 Å². The Kier molecular flexibility index (Phi) is 2.60. The first-order valence-electron chi connectivity index (χ1n) is 3.34. The molecule has 0 atom stereocenters. The van der Waals surface area contributed by atoms with E-state index in [-0.39, 0.29) is 5.75 Å². The van der Waals surface area contributed by atoms with Crippen LogP contribution in [0.1, 0.15) is 12.1 Å². The van der Waals surface area contributed by atoms with Crippen LogP contribution in [-0.2, 0) is 0 Å². The number of nitrogen functional groups attached to an aromatic ring is 1. The summed E-state index contributed by atoms with van der Waals surface area (Å²) < 4.78 is 41.6. The zero-order chi connectivity index (χ0) is 10.0. The van der Waals surface area contributed by atoms with Gasteiger partial charge in [0.05, 0.1) is 7.11 Å². The lowest BCUT2D eigenvalue weighted by Gasteiger charge is -2.07. The minimum absolute atomic E-state index is 0.304. The van der Waals surface area contributed by atoms with E-state index in [0.29, 0.717) is 0 Å². The molecular weight excluding hydrogens is 185 g/mol. The van der Waals surface area contributed by atoms with Gasteiger partial charge >= 0.3 is 0 Å². The van der Waals surface area contributed by atoms with Gasteiger partial charge in [-0.25, -0.2) is 18.2 Å². The first-order valence-corrected chi connectivity index (χ1v) is 3.34. The smallest absolute Gasteiger partial charge is 0.284 e. The van der Waals surface area contributed by atoms with Crippen LogP contribution >= 0.6 is 0 Å². The minimum atomic E-state index is -2.84. The third kappa shape index (κ3) is 1.82. The summed E-state index contributed by atoms with van der Waals surface area (Å²) in [6, 6.07) is 0.782. The molecule has 6 heteroatoms. The molecule has 1 aromatic heterocycles. The zero-order valence-electron chi connectivity index (χ0n) is 6.72. The van der Waals surface area contributed by atoms with Gasteiger partial charge in [-0.15, -0.1) is 0 Å². The van der Waals surface area contributed by atoms with Crippen molar-refractivity contribution >= 4 is 5.82 Å². The van der Waals surface area contributed by atoms with Gasteiger partial charge in [0.25, 0.3) is 6.43 Å². The van der Waals surface area contributed by atoms with Crippen molar-refractivity contribution in [3.63, 3.8) is 0 Å². The van der Waals surface area contributed by atoms with Gasteiger partial charge < -0.3 is 10.5 Å². The summed E-state index contributed by atoms with van der Waals surface area (Å²) in [7, 11) is 1.15. The lowest BCUT2D eigenvalue weighted by atomic mass is 10.3. The van der Waals surface area contributed by atoms with Crippen molar-refractivity contribution < 1.29 is 17.9 Å². The fourth-order valence-electron chi connectivity index (χ4n) is 0.821. The van der Waals surface area contributed by atoms with Crippen LogP contribution in [0, 0.1) is 5.82 Å². The maximum atomic E-state index is 12.7. The number of pyridine rings is 1. The molecule has 0 amide bonds. The largest absolute Gasteiger partial charge is 0.495 e. The summed E-state index contributed by atoms with van der Waals surface area (Å²) in [4.78, 5) is 3.17. The normalized spacial score (nSPS) is 10.5. The molecule has 1 heterocycles. The molecule has 72 valence electrons. The number of nitrogens with two attached hydrogens (primary N) is 1. The Morgan fingerprint density at radius 3 is 2.62 bits per heavy atom. The minimum Gasteiger partial charge on any atom is -0.495 e. The average molecular weight is 192 g/mol. The highest BCUT2D eigenvalue weighted by Crippen LogP contribution is 2.28. The third-order valence-corrected chi connectivity index (χ3v) is 1.42. The summed E-state index contributed by atoms with van der Waals surface area (Å²) >= 11 is 0. The van der Waals surface area contributed by atoms with E-state index in [9.17, 15) is 13.2 Å². The van der Waals surface area contributed by atoms with Crippen LogP contribution in [0.4, 0.5) is 19.0 Å². The molecule has 0 saturated carbocycles. The van der Waals surface area contributed by atoms with Gasteiger partial charge in [0.2, 0.25) is 0 Å². The number of rotatable bonds is 2. The van der Waals surface area contributed by atoms with E-state index >= 15 is 0 Å². The summed E-state index contributed by atoms with van der Waals surface area (Å²) in [6.45, 7) is 0. The Bertz CT molecular complexity index is 317. The predicted molar refractivity (Wildman–Crippen MR) is 40.1 cm³/mol. The lowest BCUT2D eigenvalue weighted by molar-refractivity contribution is 0.141. The number of aromatic nitrogens is 1. The fourth-order valence-corrected chi connectivity index (χ4v) is 0.821. The molecule has 0 aliphatic heterocycles. The molecule has 0 aliphatic carbocycles. The second-order valence-electron chi connectivity index (χ2n) is 2.24. The first-order chi connectivity index (χ1) is 6.06. The van der Waals surface area contributed by atoms with E-state index in [1.54, 1.807) is 0 Å². The Labute approximate surface area is 72.3 Å². The molecule has 0 unspecified atom stereocenters. The van der Waals surface area contributed by atoms with Crippen LogP contribution in [-0.4, -0.2) is 12.1 Å². The van der Waals surface area contributed by atoms with Gasteiger partial charge in [-0.3, -0.25) is 0 Å². The molecular formula is C7H7F3N2O. The molecule has 0 saturated heterocycles. The number of hydrogen-bond donors (Lipinski definition) is 1. The Morgan fingerprint density at radius 2 is 2.15 bits per heavy atom. The van der Waals surface area contributed by atoms with Gasteiger partial charge in [-0.2, -0.15) is 0 Å². The summed E-state index contributed by atoms with van der Waals surface area (Å²) in [5.74, 6) is -1.74. The standard InChI is InChI=1S/C7H7F3N2O/c1-13-4-2-3(8)7(11)12-5(4)6(9)10/h2,6H,1H3,(H2,11,12). The van der Waals surface area contributed by atoms with Crippen LogP contribution in [0.3, 0.4) is 0 Å². The summed E-state index contributed by atoms with van der Waals surface area (Å²) in [5.41, 5.74) is 4.36. The van der Waals surface area contributed by atoms with E-state index in [0.717, 1.165) is 13.2 Å². The van der Waals surface area contributed by atoms with Crippen molar-refractivity contribution in [1.29, 1.82) is 0 Å². The van der Waals surface area contributed by atoms with Crippen molar-refractivity contribution in [2.24, 2.45) is 0 Å². The van der Waals surface area contributed by atoms with Crippen molar-refractivity contribution in [3.05, 3.63) is 17.6 Å². The van der Waals surface area contributed by atoms with E-state index in [1.165, 1.54) is 0 Å². The molecule has 0 bridgehead atoms. The summed E-state index contributed by atoms with van der Waals surface area (Å²) in [6.07, 6.45) is -2.84. The van der Waals surface area contributed by atoms with Crippen molar-refractivity contribution in [2.45, 2.75) is 6.43 Å². The van der Waals surface area contributed by atoms with Gasteiger partial charge in [0.1, 0.15) is 5.75 Å². The molecule has 0 aliphatic rings. The number of ether oxygens (including phenoxy) is 1. The van der Waals surface area contributed by atoms with Crippen LogP contribution in [0.5, 0.6) is 5.75 Å². The van der Waals surface area contributed by atoms with E-state index in [2.05, 4.69) is 9.72 Å². The molecule has 0 spiro atoms. The van der Waals surface area contributed by atoms with Crippen LogP contribution < -0.4 is 10.5 Å². The van der Waals surface area contributed by atoms with Gasteiger partial charge in [-0.1, -0.05) is 0 Å². The Hall–Kier alpha value is -1.46. The summed E-state index contributed by atoms with van der Waals surface area (Å²) in [5, 5.41) is 0. The number of hydrogen-bond acceptors (Lipinski definition) is 3. The topological polar surface area (TPSA) is 48.1 Å². The number of anilines is 1. The second-order valence-corrected chi connectivity index (χ2v) is 2.24. The maximum Gasteiger partial charge on any atom is 0.284 e. The maximum absolute atomic E-state index is 12.7. The van der Waals surface area contributed by atoms with Crippen LogP contribution in [0.25, 0.3) is 0 Å². The SMILES string of the molecule is COc1cc(F)c(N)nc1C(F)F. The number of methoxy groups -OCH3 is 1. The third-order valence-electron chi connectivity index (χ3n) is 1.42. The molecule has 0 aromatic carbocycles. The van der Waals surface area contributed by atoms with Crippen molar-refractivity contribution in [1.82, 2.24) is 4.98 Å². The quantitative estimate of drug-likeness (QED) is 0.776. The van der Waals surface area contributed by atoms with Crippen molar-refractivity contribution in [3.8, 4) is 5.75 Å².